The van der Waals surface area contributed by atoms with Crippen LogP contribution >= 0.6 is 23.4 Å². The van der Waals surface area contributed by atoms with Crippen molar-refractivity contribution in [2.24, 2.45) is 0 Å². The Morgan fingerprint density at radius 2 is 1.72 bits per heavy atom. The van der Waals surface area contributed by atoms with Crippen LogP contribution in [0.5, 0.6) is 5.75 Å². The van der Waals surface area contributed by atoms with E-state index in [1.165, 1.54) is 0 Å². The minimum atomic E-state index is -0.389. The molecular weight excluding hydrogens is 444 g/mol. The largest absolute Gasteiger partial charge is 0.488 e. The second kappa shape index (κ2) is 9.73. The van der Waals surface area contributed by atoms with Gasteiger partial charge in [-0.3, -0.25) is 14.5 Å². The van der Waals surface area contributed by atoms with Crippen molar-refractivity contribution in [1.82, 2.24) is 4.90 Å². The Morgan fingerprint density at radius 1 is 1.00 bits per heavy atom. The average molecular weight is 461 g/mol. The van der Waals surface area contributed by atoms with Gasteiger partial charge in [-0.2, -0.15) is 5.26 Å². The SMILES string of the molecule is N#Cc1ccccc1CN1C(=O)S/C(=C/c2ccccc2OCc2ccc(Cl)cc2)C1=O. The number of nitrogens with zero attached hydrogens (tertiary/aromatic N) is 2. The van der Waals surface area contributed by atoms with E-state index in [0.29, 0.717) is 39.0 Å². The molecule has 0 spiro atoms. The van der Waals surface area contributed by atoms with Gasteiger partial charge in [0.1, 0.15) is 12.4 Å². The van der Waals surface area contributed by atoms with Crippen molar-refractivity contribution in [2.45, 2.75) is 13.2 Å². The molecule has 0 aliphatic carbocycles. The maximum Gasteiger partial charge on any atom is 0.293 e. The molecule has 0 bridgehead atoms. The van der Waals surface area contributed by atoms with Crippen molar-refractivity contribution in [3.8, 4) is 11.8 Å². The van der Waals surface area contributed by atoms with E-state index in [-0.39, 0.29) is 17.7 Å². The van der Waals surface area contributed by atoms with E-state index >= 15 is 0 Å². The monoisotopic (exact) mass is 460 g/mol. The van der Waals surface area contributed by atoms with E-state index in [0.717, 1.165) is 22.2 Å². The highest BCUT2D eigenvalue weighted by Crippen LogP contribution is 2.35. The summed E-state index contributed by atoms with van der Waals surface area (Å²) in [6.07, 6.45) is 1.66. The number of benzene rings is 3. The Hall–Kier alpha value is -3.53. The summed E-state index contributed by atoms with van der Waals surface area (Å²) in [4.78, 5) is 26.9. The number of amides is 2. The standard InChI is InChI=1S/C25H17ClN2O3S/c26-21-11-9-17(10-12-21)16-31-22-8-4-3-5-18(22)13-23-24(29)28(25(30)32-23)15-20-7-2-1-6-19(20)14-27/h1-13H,15-16H2/b23-13+. The predicted molar refractivity (Wildman–Crippen MR) is 125 cm³/mol. The highest BCUT2D eigenvalue weighted by Gasteiger charge is 2.35. The van der Waals surface area contributed by atoms with Crippen LogP contribution in [0.1, 0.15) is 22.3 Å². The number of imide groups is 1. The molecule has 0 aromatic heterocycles. The van der Waals surface area contributed by atoms with Crippen LogP contribution in [0.2, 0.25) is 5.02 Å². The van der Waals surface area contributed by atoms with Gasteiger partial charge in [-0.15, -0.1) is 0 Å². The summed E-state index contributed by atoms with van der Waals surface area (Å²) < 4.78 is 5.95. The predicted octanol–water partition coefficient (Wildman–Crippen LogP) is 6.03. The average Bonchev–Trinajstić information content (AvgIpc) is 3.07. The van der Waals surface area contributed by atoms with E-state index in [1.54, 1.807) is 42.5 Å². The highest BCUT2D eigenvalue weighted by atomic mass is 35.5. The van der Waals surface area contributed by atoms with E-state index in [2.05, 4.69) is 6.07 Å². The summed E-state index contributed by atoms with van der Waals surface area (Å²) >= 11 is 6.80. The number of nitriles is 1. The van der Waals surface area contributed by atoms with Gasteiger partial charge in [0.05, 0.1) is 23.1 Å². The Kier molecular flexibility index (Phi) is 6.60. The second-order valence-corrected chi connectivity index (χ2v) is 8.42. The molecule has 1 aliphatic rings. The number of hydrogen-bond donors (Lipinski definition) is 0. The van der Waals surface area contributed by atoms with Crippen LogP contribution in [-0.2, 0) is 17.9 Å². The normalized spacial score (nSPS) is 14.6. The molecule has 0 saturated carbocycles. The Bertz CT molecular complexity index is 1250. The molecule has 0 radical (unpaired) electrons. The number of hydrogen-bond acceptors (Lipinski definition) is 5. The summed E-state index contributed by atoms with van der Waals surface area (Å²) in [7, 11) is 0. The van der Waals surface area contributed by atoms with E-state index in [4.69, 9.17) is 16.3 Å². The molecule has 158 valence electrons. The molecule has 2 amide bonds. The van der Waals surface area contributed by atoms with Crippen molar-refractivity contribution in [3.63, 3.8) is 0 Å². The molecule has 5 nitrogen and oxygen atoms in total. The van der Waals surface area contributed by atoms with Gasteiger partial charge >= 0.3 is 0 Å². The third-order valence-corrected chi connectivity index (χ3v) is 6.01. The summed E-state index contributed by atoms with van der Waals surface area (Å²) in [5, 5.41) is 9.56. The topological polar surface area (TPSA) is 70.4 Å². The zero-order chi connectivity index (χ0) is 22.5. The fourth-order valence-corrected chi connectivity index (χ4v) is 4.14. The molecule has 0 atom stereocenters. The van der Waals surface area contributed by atoms with Gasteiger partial charge in [-0.25, -0.2) is 0 Å². The number of para-hydroxylation sites is 1. The second-order valence-electron chi connectivity index (χ2n) is 6.99. The van der Waals surface area contributed by atoms with Gasteiger partial charge in [0.15, 0.2) is 0 Å². The molecule has 7 heteroatoms. The van der Waals surface area contributed by atoms with Crippen molar-refractivity contribution >= 4 is 40.6 Å². The van der Waals surface area contributed by atoms with Crippen molar-refractivity contribution in [1.29, 1.82) is 5.26 Å². The first-order chi connectivity index (χ1) is 15.5. The van der Waals surface area contributed by atoms with Gasteiger partial charge < -0.3 is 4.74 Å². The molecule has 0 unspecified atom stereocenters. The molecule has 3 aromatic rings. The number of carbonyl (C=O) groups is 2. The molecule has 1 fully saturated rings. The fourth-order valence-electron chi connectivity index (χ4n) is 3.19. The van der Waals surface area contributed by atoms with Gasteiger partial charge in [-0.05, 0) is 53.2 Å². The molecule has 0 N–H and O–H groups in total. The summed E-state index contributed by atoms with van der Waals surface area (Å²) in [6.45, 7) is 0.398. The summed E-state index contributed by atoms with van der Waals surface area (Å²) in [6, 6.07) is 23.7. The van der Waals surface area contributed by atoms with Crippen molar-refractivity contribution in [3.05, 3.63) is 105 Å². The van der Waals surface area contributed by atoms with Crippen LogP contribution in [-0.4, -0.2) is 16.0 Å². The lowest BCUT2D eigenvalue weighted by atomic mass is 10.1. The quantitative estimate of drug-likeness (QED) is 0.420. The Morgan fingerprint density at radius 3 is 2.50 bits per heavy atom. The summed E-state index contributed by atoms with van der Waals surface area (Å²) in [5.41, 5.74) is 2.73. The van der Waals surface area contributed by atoms with E-state index in [1.807, 2.05) is 36.4 Å². The van der Waals surface area contributed by atoms with Crippen LogP contribution in [0.3, 0.4) is 0 Å². The zero-order valence-corrected chi connectivity index (χ0v) is 18.4. The first-order valence-electron chi connectivity index (χ1n) is 9.75. The van der Waals surface area contributed by atoms with E-state index < -0.39 is 0 Å². The molecule has 4 rings (SSSR count). The maximum atomic E-state index is 12.9. The lowest BCUT2D eigenvalue weighted by Crippen LogP contribution is -2.27. The molecule has 1 saturated heterocycles. The highest BCUT2D eigenvalue weighted by molar-refractivity contribution is 8.18. The van der Waals surface area contributed by atoms with Gasteiger partial charge in [0.2, 0.25) is 0 Å². The lowest BCUT2D eigenvalue weighted by molar-refractivity contribution is -0.123. The molecule has 3 aromatic carbocycles. The van der Waals surface area contributed by atoms with Crippen molar-refractivity contribution < 1.29 is 14.3 Å². The van der Waals surface area contributed by atoms with Crippen LogP contribution in [0, 0.1) is 11.3 Å². The zero-order valence-electron chi connectivity index (χ0n) is 16.8. The van der Waals surface area contributed by atoms with Gasteiger partial charge in [-0.1, -0.05) is 60.1 Å². The number of rotatable bonds is 6. The smallest absolute Gasteiger partial charge is 0.293 e. The Balaban J connectivity index is 1.53. The van der Waals surface area contributed by atoms with Crippen molar-refractivity contribution in [2.75, 3.05) is 0 Å². The van der Waals surface area contributed by atoms with Crippen LogP contribution in [0.4, 0.5) is 4.79 Å². The van der Waals surface area contributed by atoms with Gasteiger partial charge in [0.25, 0.3) is 11.1 Å². The molecule has 1 aliphatic heterocycles. The minimum Gasteiger partial charge on any atom is -0.488 e. The van der Waals surface area contributed by atoms with Gasteiger partial charge in [0, 0.05) is 10.6 Å². The molecule has 32 heavy (non-hydrogen) atoms. The fraction of sp³-hybridized carbons (Fsp3) is 0.0800. The third kappa shape index (κ3) is 4.86. The number of thioether (sulfide) groups is 1. The molecule has 1 heterocycles. The van der Waals surface area contributed by atoms with E-state index in [9.17, 15) is 14.9 Å². The first-order valence-corrected chi connectivity index (χ1v) is 10.9. The van der Waals surface area contributed by atoms with Crippen LogP contribution in [0.15, 0.2) is 77.7 Å². The number of ether oxygens (including phenoxy) is 1. The maximum absolute atomic E-state index is 12.9. The van der Waals surface area contributed by atoms with Crippen LogP contribution < -0.4 is 4.74 Å². The van der Waals surface area contributed by atoms with Crippen LogP contribution in [0.25, 0.3) is 6.08 Å². The summed E-state index contributed by atoms with van der Waals surface area (Å²) in [5.74, 6) is 0.212. The Labute approximate surface area is 194 Å². The third-order valence-electron chi connectivity index (χ3n) is 4.85. The minimum absolute atomic E-state index is 0.0560. The number of carbonyl (C=O) groups excluding carboxylic acids is 2. The number of halogens is 1. The molecular formula is C25H17ClN2O3S. The lowest BCUT2D eigenvalue weighted by Gasteiger charge is -2.13. The first kappa shape index (κ1) is 21.7.